The van der Waals surface area contributed by atoms with Crippen molar-refractivity contribution in [2.45, 2.75) is 25.8 Å². The van der Waals surface area contributed by atoms with Crippen LogP contribution in [0.3, 0.4) is 0 Å². The maximum Gasteiger partial charge on any atom is 0.336 e. The first-order valence-electron chi connectivity index (χ1n) is 6.48. The first-order valence-corrected chi connectivity index (χ1v) is 6.48. The number of benzene rings is 1. The fourth-order valence-corrected chi connectivity index (χ4v) is 2.08. The number of hydrogen-bond acceptors (Lipinski definition) is 3. The average molecular weight is 268 g/mol. The van der Waals surface area contributed by atoms with E-state index in [0.29, 0.717) is 23.1 Å². The molecule has 20 heavy (non-hydrogen) atoms. The predicted octanol–water partition coefficient (Wildman–Crippen LogP) is 3.15. The van der Waals surface area contributed by atoms with Gasteiger partial charge in [0.2, 0.25) is 0 Å². The van der Waals surface area contributed by atoms with Gasteiger partial charge in [-0.25, -0.2) is 9.78 Å². The highest BCUT2D eigenvalue weighted by molar-refractivity contribution is 6.03. The first kappa shape index (κ1) is 13.9. The topological polar surface area (TPSA) is 62.2 Å². The van der Waals surface area contributed by atoms with E-state index in [2.05, 4.69) is 16.2 Å². The number of carboxylic acids is 1. The lowest BCUT2D eigenvalue weighted by Gasteiger charge is -2.16. The molecule has 2 rings (SSSR count). The lowest BCUT2D eigenvalue weighted by molar-refractivity contribution is 0.0699. The molecule has 1 unspecified atom stereocenters. The van der Waals surface area contributed by atoms with Crippen molar-refractivity contribution in [2.75, 3.05) is 5.32 Å². The third-order valence-electron chi connectivity index (χ3n) is 3.16. The molecule has 2 N–H and O–H groups in total. The Hall–Kier alpha value is -2.54. The molecular formula is C16H16N2O2. The number of rotatable bonds is 5. The number of hydrogen-bond donors (Lipinski definition) is 2. The van der Waals surface area contributed by atoms with Crippen molar-refractivity contribution in [1.82, 2.24) is 4.98 Å². The first-order chi connectivity index (χ1) is 9.65. The van der Waals surface area contributed by atoms with E-state index < -0.39 is 5.97 Å². The zero-order chi connectivity index (χ0) is 14.5. The van der Waals surface area contributed by atoms with E-state index in [1.54, 1.807) is 24.3 Å². The van der Waals surface area contributed by atoms with Crippen LogP contribution in [0.1, 0.15) is 30.1 Å². The summed E-state index contributed by atoms with van der Waals surface area (Å²) in [5, 5.41) is 13.1. The normalized spacial score (nSPS) is 11.8. The second-order valence-electron chi connectivity index (χ2n) is 4.54. The minimum Gasteiger partial charge on any atom is -0.478 e. The van der Waals surface area contributed by atoms with Crippen molar-refractivity contribution in [3.05, 3.63) is 35.9 Å². The number of pyridine rings is 1. The summed E-state index contributed by atoms with van der Waals surface area (Å²) in [6, 6.07) is 8.85. The van der Waals surface area contributed by atoms with Gasteiger partial charge in [0.05, 0.1) is 11.1 Å². The predicted molar refractivity (Wildman–Crippen MR) is 79.9 cm³/mol. The summed E-state index contributed by atoms with van der Waals surface area (Å²) < 4.78 is 0. The van der Waals surface area contributed by atoms with E-state index in [-0.39, 0.29) is 11.6 Å². The Morgan fingerprint density at radius 1 is 1.50 bits per heavy atom. The zero-order valence-electron chi connectivity index (χ0n) is 11.3. The van der Waals surface area contributed by atoms with Crippen LogP contribution in [-0.4, -0.2) is 22.1 Å². The van der Waals surface area contributed by atoms with Gasteiger partial charge in [-0.2, -0.15) is 0 Å². The van der Waals surface area contributed by atoms with Crippen molar-refractivity contribution >= 4 is 22.7 Å². The van der Waals surface area contributed by atoms with E-state index in [9.17, 15) is 9.90 Å². The highest BCUT2D eigenvalue weighted by Crippen LogP contribution is 2.21. The second-order valence-corrected chi connectivity index (χ2v) is 4.54. The van der Waals surface area contributed by atoms with Crippen LogP contribution in [-0.2, 0) is 0 Å². The molecule has 1 heterocycles. The van der Waals surface area contributed by atoms with Gasteiger partial charge in [0.1, 0.15) is 5.82 Å². The monoisotopic (exact) mass is 268 g/mol. The number of aromatic nitrogens is 1. The quantitative estimate of drug-likeness (QED) is 0.818. The van der Waals surface area contributed by atoms with Gasteiger partial charge in [0, 0.05) is 17.8 Å². The fourth-order valence-electron chi connectivity index (χ4n) is 2.08. The Bertz CT molecular complexity index is 674. The number of anilines is 1. The van der Waals surface area contributed by atoms with Crippen molar-refractivity contribution in [1.29, 1.82) is 0 Å². The second kappa shape index (κ2) is 6.07. The van der Waals surface area contributed by atoms with Crippen LogP contribution >= 0.6 is 0 Å². The van der Waals surface area contributed by atoms with Crippen molar-refractivity contribution in [3.8, 4) is 12.3 Å². The zero-order valence-corrected chi connectivity index (χ0v) is 11.3. The number of carboxylic acid groups (broad SMARTS) is 1. The lowest BCUT2D eigenvalue weighted by atomic mass is 10.1. The average Bonchev–Trinajstić information content (AvgIpc) is 2.45. The highest BCUT2D eigenvalue weighted by atomic mass is 16.4. The standard InChI is InChI=1S/C16H16N2O2/c1-3-7-11(4-2)17-15-10-13(16(19)20)12-8-5-6-9-14(12)18-15/h1,5-6,8-11H,4,7H2,2H3,(H,17,18)(H,19,20). The molecule has 2 aromatic rings. The maximum atomic E-state index is 11.4. The van der Waals surface area contributed by atoms with Crippen LogP contribution < -0.4 is 5.32 Å². The molecule has 0 aliphatic carbocycles. The summed E-state index contributed by atoms with van der Waals surface area (Å²) in [5.74, 6) is 2.19. The summed E-state index contributed by atoms with van der Waals surface area (Å²) >= 11 is 0. The molecule has 0 radical (unpaired) electrons. The number of para-hydroxylation sites is 1. The minimum absolute atomic E-state index is 0.0929. The fraction of sp³-hybridized carbons (Fsp3) is 0.250. The maximum absolute atomic E-state index is 11.4. The van der Waals surface area contributed by atoms with Gasteiger partial charge in [0.25, 0.3) is 0 Å². The Morgan fingerprint density at radius 2 is 2.25 bits per heavy atom. The summed E-state index contributed by atoms with van der Waals surface area (Å²) in [4.78, 5) is 15.8. The number of terminal acetylenes is 1. The summed E-state index contributed by atoms with van der Waals surface area (Å²) in [6.45, 7) is 2.02. The molecule has 0 saturated heterocycles. The smallest absolute Gasteiger partial charge is 0.336 e. The van der Waals surface area contributed by atoms with Gasteiger partial charge >= 0.3 is 5.97 Å². The molecule has 1 atom stereocenters. The van der Waals surface area contributed by atoms with Crippen molar-refractivity contribution < 1.29 is 9.90 Å². The molecule has 4 heteroatoms. The van der Waals surface area contributed by atoms with Gasteiger partial charge in [-0.1, -0.05) is 25.1 Å². The molecule has 1 aromatic carbocycles. The molecule has 0 saturated carbocycles. The van der Waals surface area contributed by atoms with Crippen molar-refractivity contribution in [2.24, 2.45) is 0 Å². The van der Waals surface area contributed by atoms with E-state index >= 15 is 0 Å². The van der Waals surface area contributed by atoms with Gasteiger partial charge in [-0.05, 0) is 18.6 Å². The third kappa shape index (κ3) is 2.89. The van der Waals surface area contributed by atoms with Crippen LogP contribution in [0.15, 0.2) is 30.3 Å². The largest absolute Gasteiger partial charge is 0.478 e. The number of fused-ring (bicyclic) bond motifs is 1. The van der Waals surface area contributed by atoms with E-state index in [4.69, 9.17) is 6.42 Å². The van der Waals surface area contributed by atoms with Crippen molar-refractivity contribution in [3.63, 3.8) is 0 Å². The molecule has 0 amide bonds. The number of carbonyl (C=O) groups is 1. The molecule has 1 aromatic heterocycles. The molecular weight excluding hydrogens is 252 g/mol. The number of aromatic carboxylic acids is 1. The Labute approximate surface area is 117 Å². The van der Waals surface area contributed by atoms with E-state index in [1.165, 1.54) is 0 Å². The molecule has 0 aliphatic rings. The SMILES string of the molecule is C#CCC(CC)Nc1cc(C(=O)O)c2ccccc2n1. The minimum atomic E-state index is -0.961. The van der Waals surface area contributed by atoms with Gasteiger partial charge in [0.15, 0.2) is 0 Å². The Kier molecular flexibility index (Phi) is 4.21. The van der Waals surface area contributed by atoms with E-state index in [0.717, 1.165) is 6.42 Å². The van der Waals surface area contributed by atoms with Crippen LogP contribution in [0, 0.1) is 12.3 Å². The van der Waals surface area contributed by atoms with E-state index in [1.807, 2.05) is 13.0 Å². The lowest BCUT2D eigenvalue weighted by Crippen LogP contribution is -2.18. The van der Waals surface area contributed by atoms with Gasteiger partial charge in [-0.15, -0.1) is 12.3 Å². The van der Waals surface area contributed by atoms with Crippen LogP contribution in [0.25, 0.3) is 10.9 Å². The van der Waals surface area contributed by atoms with Crippen LogP contribution in [0.4, 0.5) is 5.82 Å². The highest BCUT2D eigenvalue weighted by Gasteiger charge is 2.13. The third-order valence-corrected chi connectivity index (χ3v) is 3.16. The van der Waals surface area contributed by atoms with Gasteiger partial charge < -0.3 is 10.4 Å². The molecule has 0 spiro atoms. The number of nitrogens with one attached hydrogen (secondary N) is 1. The molecule has 4 nitrogen and oxygen atoms in total. The Balaban J connectivity index is 2.45. The van der Waals surface area contributed by atoms with Crippen LogP contribution in [0.2, 0.25) is 0 Å². The molecule has 102 valence electrons. The van der Waals surface area contributed by atoms with Crippen LogP contribution in [0.5, 0.6) is 0 Å². The summed E-state index contributed by atoms with van der Waals surface area (Å²) in [7, 11) is 0. The number of nitrogens with zero attached hydrogens (tertiary/aromatic N) is 1. The van der Waals surface area contributed by atoms with Gasteiger partial charge in [-0.3, -0.25) is 0 Å². The molecule has 0 bridgehead atoms. The summed E-state index contributed by atoms with van der Waals surface area (Å²) in [6.07, 6.45) is 6.75. The molecule has 0 fully saturated rings. The Morgan fingerprint density at radius 3 is 2.90 bits per heavy atom. The summed E-state index contributed by atoms with van der Waals surface area (Å²) in [5.41, 5.74) is 0.902. The molecule has 0 aliphatic heterocycles.